The van der Waals surface area contributed by atoms with Crippen molar-refractivity contribution in [2.45, 2.75) is 98.2 Å². The number of carbonyl (C=O) groups excluding carboxylic acids is 1. The number of aliphatic hydroxyl groups is 10. The van der Waals surface area contributed by atoms with Crippen LogP contribution in [0.1, 0.15) is 6.42 Å². The summed E-state index contributed by atoms with van der Waals surface area (Å²) in [5, 5.41) is 101. The van der Waals surface area contributed by atoms with Gasteiger partial charge in [0, 0.05) is 11.8 Å². The summed E-state index contributed by atoms with van der Waals surface area (Å²) < 4.78 is 46.4. The molecule has 2 aliphatic carbocycles. The highest BCUT2D eigenvalue weighted by Gasteiger charge is 2.77. The molecule has 50 heavy (non-hydrogen) atoms. The molecule has 1 saturated carbocycles. The van der Waals surface area contributed by atoms with Crippen molar-refractivity contribution < 1.29 is 93.8 Å². The third-order valence-corrected chi connectivity index (χ3v) is 11.2. The monoisotopic (exact) mass is 720 g/mol. The Morgan fingerprint density at radius 1 is 0.820 bits per heavy atom. The zero-order chi connectivity index (χ0) is 35.6. The van der Waals surface area contributed by atoms with Gasteiger partial charge in [0.25, 0.3) is 0 Å². The molecule has 0 aromatic heterocycles. The Morgan fingerprint density at radius 2 is 1.44 bits per heavy atom. The fourth-order valence-corrected chi connectivity index (χ4v) is 8.42. The predicted molar refractivity (Wildman–Crippen MR) is 155 cm³/mol. The standard InChI is InChI=1S/C31H44O19/c32-5-10-1-2-11-13(8-44-27(16(10)11)48-29-22(40)20(38)18(36)14(6-33)45-29)26(42)47-24-12-3-4-43-28(17(12)31(9-35)25(24)50-31)49-30-23(41)21(39)19(37)15(7-34)46-30/h1,3-4,11-25,27-30,32-41H,2,5-9H2/t11-,12-,13+,14+,15-,16+,17+,18+,19+,20-,21-,22-,23-,24-,25-,27-,28-,29-,30-,31+/m0/s1. The first-order valence-corrected chi connectivity index (χ1v) is 16.6. The van der Waals surface area contributed by atoms with E-state index in [0.29, 0.717) is 12.0 Å². The Morgan fingerprint density at radius 3 is 2.02 bits per heavy atom. The van der Waals surface area contributed by atoms with Crippen LogP contribution < -0.4 is 0 Å². The maximum atomic E-state index is 13.9. The number of rotatable bonds is 10. The van der Waals surface area contributed by atoms with Gasteiger partial charge >= 0.3 is 5.97 Å². The van der Waals surface area contributed by atoms with E-state index >= 15 is 0 Å². The largest absolute Gasteiger partial charge is 0.472 e. The molecule has 4 saturated heterocycles. The first-order valence-electron chi connectivity index (χ1n) is 16.6. The Labute approximate surface area is 284 Å². The van der Waals surface area contributed by atoms with Crippen LogP contribution in [0.2, 0.25) is 0 Å². The van der Waals surface area contributed by atoms with Gasteiger partial charge in [0.2, 0.25) is 6.29 Å². The molecule has 5 fully saturated rings. The van der Waals surface area contributed by atoms with Crippen molar-refractivity contribution >= 4 is 5.97 Å². The van der Waals surface area contributed by atoms with E-state index in [1.165, 1.54) is 6.26 Å². The first-order chi connectivity index (χ1) is 24.0. The van der Waals surface area contributed by atoms with E-state index in [1.54, 1.807) is 12.2 Å². The number of hydrogen-bond acceptors (Lipinski definition) is 19. The van der Waals surface area contributed by atoms with E-state index in [0.717, 1.165) is 0 Å². The second-order valence-corrected chi connectivity index (χ2v) is 13.8. The van der Waals surface area contributed by atoms with Crippen molar-refractivity contribution in [2.24, 2.45) is 29.6 Å². The minimum absolute atomic E-state index is 0.200. The average molecular weight is 721 g/mol. The van der Waals surface area contributed by atoms with Crippen molar-refractivity contribution in [3.05, 3.63) is 24.0 Å². The van der Waals surface area contributed by atoms with E-state index < -0.39 is 147 Å². The normalized spacial score (nSPS) is 52.4. The predicted octanol–water partition coefficient (Wildman–Crippen LogP) is -5.70. The van der Waals surface area contributed by atoms with Crippen LogP contribution in [-0.2, 0) is 42.7 Å². The second kappa shape index (κ2) is 14.2. The quantitative estimate of drug-likeness (QED) is 0.0571. The second-order valence-electron chi connectivity index (χ2n) is 13.8. The fourth-order valence-electron chi connectivity index (χ4n) is 8.42. The lowest BCUT2D eigenvalue weighted by atomic mass is 9.79. The SMILES string of the molecule is O=C(O[C@H]1[C@H]2C=CO[C@@H](O[C@@H]3O[C@@H](CO)[C@@H](O)[C@H](O)[C@@H]3O)[C@@H]2[C@@]2(CO)O[C@@H]12)[C@@H]1CO[C@@H](O[C@@H]2O[C@H](CO)[C@@H](O)[C@H](O)[C@@H]2O)[C@@H]2C(CO)=CC[C@H]21. The van der Waals surface area contributed by atoms with Crippen LogP contribution in [0.4, 0.5) is 0 Å². The van der Waals surface area contributed by atoms with Gasteiger partial charge in [-0.2, -0.15) is 0 Å². The van der Waals surface area contributed by atoms with Gasteiger partial charge in [0.1, 0.15) is 66.6 Å². The third-order valence-electron chi connectivity index (χ3n) is 11.2. The van der Waals surface area contributed by atoms with Crippen LogP contribution in [-0.4, -0.2) is 182 Å². The van der Waals surface area contributed by atoms with E-state index in [4.69, 9.17) is 37.9 Å². The number of epoxide rings is 1. The van der Waals surface area contributed by atoms with Gasteiger partial charge in [-0.1, -0.05) is 6.08 Å². The molecule has 0 aromatic rings. The molecule has 0 radical (unpaired) electrons. The Hall–Kier alpha value is -1.89. The number of esters is 1. The molecule has 10 N–H and O–H groups in total. The summed E-state index contributed by atoms with van der Waals surface area (Å²) in [5.41, 5.74) is -0.748. The minimum Gasteiger partial charge on any atom is -0.472 e. The van der Waals surface area contributed by atoms with Gasteiger partial charge in [0.15, 0.2) is 18.9 Å². The van der Waals surface area contributed by atoms with Crippen LogP contribution in [0.5, 0.6) is 0 Å². The molecule has 0 spiro atoms. The zero-order valence-corrected chi connectivity index (χ0v) is 26.6. The number of fused-ring (bicyclic) bond motifs is 4. The van der Waals surface area contributed by atoms with E-state index in [1.807, 2.05) is 0 Å². The summed E-state index contributed by atoms with van der Waals surface area (Å²) in [6.45, 7) is -2.42. The van der Waals surface area contributed by atoms with Crippen LogP contribution in [0.25, 0.3) is 0 Å². The van der Waals surface area contributed by atoms with Crippen molar-refractivity contribution in [2.75, 3.05) is 33.0 Å². The lowest BCUT2D eigenvalue weighted by Gasteiger charge is -2.45. The Balaban J connectivity index is 1.04. The summed E-state index contributed by atoms with van der Waals surface area (Å²) in [6.07, 6.45) is -14.5. The highest BCUT2D eigenvalue weighted by Crippen LogP contribution is 2.61. The van der Waals surface area contributed by atoms with Crippen molar-refractivity contribution in [3.8, 4) is 0 Å². The van der Waals surface area contributed by atoms with Crippen LogP contribution >= 0.6 is 0 Å². The summed E-state index contributed by atoms with van der Waals surface area (Å²) in [5.74, 6) is -4.08. The fraction of sp³-hybridized carbons (Fsp3) is 0.839. The lowest BCUT2D eigenvalue weighted by Crippen LogP contribution is -2.60. The van der Waals surface area contributed by atoms with Gasteiger partial charge in [-0.3, -0.25) is 4.79 Å². The molecular formula is C31H44O19. The Kier molecular flexibility index (Phi) is 10.3. The smallest absolute Gasteiger partial charge is 0.311 e. The minimum atomic E-state index is -1.71. The molecule has 0 amide bonds. The van der Waals surface area contributed by atoms with Crippen LogP contribution in [0, 0.1) is 29.6 Å². The molecule has 19 heteroatoms. The number of ether oxygens (including phenoxy) is 8. The van der Waals surface area contributed by atoms with Gasteiger partial charge in [-0.15, -0.1) is 0 Å². The number of allylic oxidation sites excluding steroid dienone is 1. The molecule has 19 nitrogen and oxygen atoms in total. The molecule has 7 aliphatic rings. The maximum Gasteiger partial charge on any atom is 0.311 e. The lowest BCUT2D eigenvalue weighted by molar-refractivity contribution is -0.351. The average Bonchev–Trinajstić information content (AvgIpc) is 3.59. The highest BCUT2D eigenvalue weighted by molar-refractivity contribution is 5.74. The van der Waals surface area contributed by atoms with Crippen molar-refractivity contribution in [1.82, 2.24) is 0 Å². The summed E-state index contributed by atoms with van der Waals surface area (Å²) in [7, 11) is 0. The molecule has 0 aromatic carbocycles. The van der Waals surface area contributed by atoms with Crippen LogP contribution in [0.15, 0.2) is 24.0 Å². The molecule has 20 atom stereocenters. The van der Waals surface area contributed by atoms with Gasteiger partial charge < -0.3 is 89.0 Å². The summed E-state index contributed by atoms with van der Waals surface area (Å²) >= 11 is 0. The van der Waals surface area contributed by atoms with Gasteiger partial charge in [-0.05, 0) is 24.0 Å². The van der Waals surface area contributed by atoms with E-state index in [2.05, 4.69) is 0 Å². The first kappa shape index (κ1) is 36.5. The number of hydrogen-bond donors (Lipinski definition) is 10. The highest BCUT2D eigenvalue weighted by atomic mass is 16.8. The number of carbonyl (C=O) groups is 1. The van der Waals surface area contributed by atoms with Gasteiger partial charge in [-0.25, -0.2) is 0 Å². The molecular weight excluding hydrogens is 676 g/mol. The van der Waals surface area contributed by atoms with Crippen LogP contribution in [0.3, 0.4) is 0 Å². The van der Waals surface area contributed by atoms with Crippen molar-refractivity contribution in [1.29, 1.82) is 0 Å². The molecule has 7 rings (SSSR count). The summed E-state index contributed by atoms with van der Waals surface area (Å²) in [6, 6.07) is 0. The molecule has 5 heterocycles. The molecule has 282 valence electrons. The molecule has 0 unspecified atom stereocenters. The Bertz CT molecular complexity index is 1290. The van der Waals surface area contributed by atoms with E-state index in [9.17, 15) is 55.9 Å². The molecule has 0 bridgehead atoms. The van der Waals surface area contributed by atoms with E-state index in [-0.39, 0.29) is 13.2 Å². The number of aliphatic hydroxyl groups excluding tert-OH is 10. The zero-order valence-electron chi connectivity index (χ0n) is 26.6. The third kappa shape index (κ3) is 5.90. The maximum absolute atomic E-state index is 13.9. The molecule has 5 aliphatic heterocycles. The summed E-state index contributed by atoms with van der Waals surface area (Å²) in [4.78, 5) is 13.9. The topological polar surface area (TPSA) is 297 Å². The van der Waals surface area contributed by atoms with Crippen molar-refractivity contribution in [3.63, 3.8) is 0 Å². The van der Waals surface area contributed by atoms with Gasteiger partial charge in [0.05, 0.1) is 51.1 Å².